The van der Waals surface area contributed by atoms with Crippen LogP contribution >= 0.6 is 39.1 Å². The van der Waals surface area contributed by atoms with Crippen LogP contribution in [0.5, 0.6) is 0 Å². The molecular formula is C13H8BrCl2N3. The monoisotopic (exact) mass is 355 g/mol. The summed E-state index contributed by atoms with van der Waals surface area (Å²) in [6, 6.07) is 10.9. The number of nitrogens with two attached hydrogens (primary N) is 1. The minimum absolute atomic E-state index is 0.389. The summed E-state index contributed by atoms with van der Waals surface area (Å²) in [6.07, 6.45) is 0. The zero-order valence-corrected chi connectivity index (χ0v) is 12.7. The molecule has 0 saturated heterocycles. The highest BCUT2D eigenvalue weighted by atomic mass is 79.9. The molecule has 0 radical (unpaired) electrons. The normalized spacial score (nSPS) is 11.1. The second-order valence-electron chi connectivity index (χ2n) is 4.03. The van der Waals surface area contributed by atoms with Gasteiger partial charge >= 0.3 is 0 Å². The van der Waals surface area contributed by atoms with Crippen molar-refractivity contribution in [3.8, 4) is 5.69 Å². The Morgan fingerprint density at radius 2 is 1.74 bits per heavy atom. The summed E-state index contributed by atoms with van der Waals surface area (Å²) in [5.74, 6) is 0.389. The van der Waals surface area contributed by atoms with Crippen molar-refractivity contribution in [3.63, 3.8) is 0 Å². The molecule has 0 bridgehead atoms. The molecule has 0 spiro atoms. The van der Waals surface area contributed by atoms with Crippen LogP contribution in [0.2, 0.25) is 10.0 Å². The summed E-state index contributed by atoms with van der Waals surface area (Å²) in [7, 11) is 0. The van der Waals surface area contributed by atoms with E-state index in [0.717, 1.165) is 21.2 Å². The second kappa shape index (κ2) is 4.71. The Labute approximate surface area is 128 Å². The van der Waals surface area contributed by atoms with E-state index >= 15 is 0 Å². The summed E-state index contributed by atoms with van der Waals surface area (Å²) in [5.41, 5.74) is 8.45. The van der Waals surface area contributed by atoms with E-state index in [4.69, 9.17) is 28.9 Å². The van der Waals surface area contributed by atoms with Crippen molar-refractivity contribution in [2.75, 3.05) is 5.73 Å². The number of anilines is 1. The summed E-state index contributed by atoms with van der Waals surface area (Å²) < 4.78 is 2.69. The van der Waals surface area contributed by atoms with Gasteiger partial charge < -0.3 is 5.73 Å². The molecule has 3 aromatic rings. The Bertz CT molecular complexity index is 783. The lowest BCUT2D eigenvalue weighted by molar-refractivity contribution is 1.10. The topological polar surface area (TPSA) is 43.8 Å². The predicted octanol–water partition coefficient (Wildman–Crippen LogP) is 4.68. The number of nitrogens with zero attached hydrogens (tertiary/aromatic N) is 2. The van der Waals surface area contributed by atoms with E-state index in [9.17, 15) is 0 Å². The van der Waals surface area contributed by atoms with Crippen LogP contribution in [0.25, 0.3) is 16.7 Å². The highest BCUT2D eigenvalue weighted by molar-refractivity contribution is 9.10. The molecule has 1 heterocycles. The van der Waals surface area contributed by atoms with Crippen LogP contribution in [0.3, 0.4) is 0 Å². The van der Waals surface area contributed by atoms with Gasteiger partial charge in [0.15, 0.2) is 0 Å². The maximum absolute atomic E-state index is 6.05. The molecule has 2 aromatic carbocycles. The fraction of sp³-hybridized carbons (Fsp3) is 0. The van der Waals surface area contributed by atoms with Gasteiger partial charge in [0, 0.05) is 14.5 Å². The molecule has 3 nitrogen and oxygen atoms in total. The Balaban J connectivity index is 2.38. The maximum Gasteiger partial charge on any atom is 0.205 e. The smallest absolute Gasteiger partial charge is 0.205 e. The summed E-state index contributed by atoms with van der Waals surface area (Å²) >= 11 is 15.6. The highest BCUT2D eigenvalue weighted by Gasteiger charge is 2.13. The van der Waals surface area contributed by atoms with Crippen molar-refractivity contribution in [1.29, 1.82) is 0 Å². The standard InChI is InChI=1S/C13H8BrCl2N3/c14-9-3-1-7(15)5-11(9)19-12-6-8(16)2-4-10(12)18-13(19)17/h1-6H,(H2,17,18). The van der Waals surface area contributed by atoms with Gasteiger partial charge in [-0.05, 0) is 52.3 Å². The number of nitrogen functional groups attached to an aromatic ring is 1. The number of halogens is 3. The molecule has 0 saturated carbocycles. The van der Waals surface area contributed by atoms with Crippen molar-refractivity contribution < 1.29 is 0 Å². The van der Waals surface area contributed by atoms with E-state index in [-0.39, 0.29) is 0 Å². The molecule has 0 atom stereocenters. The van der Waals surface area contributed by atoms with Crippen molar-refractivity contribution >= 4 is 56.1 Å². The molecule has 0 aliphatic rings. The Morgan fingerprint density at radius 3 is 2.53 bits per heavy atom. The van der Waals surface area contributed by atoms with Crippen molar-refractivity contribution in [1.82, 2.24) is 9.55 Å². The fourth-order valence-electron chi connectivity index (χ4n) is 1.98. The van der Waals surface area contributed by atoms with E-state index in [1.807, 2.05) is 28.8 Å². The molecule has 0 aliphatic carbocycles. The van der Waals surface area contributed by atoms with Crippen LogP contribution in [0.1, 0.15) is 0 Å². The quantitative estimate of drug-likeness (QED) is 0.688. The van der Waals surface area contributed by atoms with E-state index in [2.05, 4.69) is 20.9 Å². The second-order valence-corrected chi connectivity index (χ2v) is 5.76. The number of hydrogen-bond donors (Lipinski definition) is 1. The van der Waals surface area contributed by atoms with E-state index in [1.165, 1.54) is 0 Å². The number of rotatable bonds is 1. The van der Waals surface area contributed by atoms with Gasteiger partial charge in [0.25, 0.3) is 0 Å². The summed E-state index contributed by atoms with van der Waals surface area (Å²) in [6.45, 7) is 0. The first-order valence-corrected chi connectivity index (χ1v) is 7.00. The number of fused-ring (bicyclic) bond motifs is 1. The summed E-state index contributed by atoms with van der Waals surface area (Å²) in [5, 5.41) is 1.26. The van der Waals surface area contributed by atoms with Gasteiger partial charge in [-0.3, -0.25) is 4.57 Å². The Kier molecular flexibility index (Phi) is 3.17. The van der Waals surface area contributed by atoms with Crippen molar-refractivity contribution in [3.05, 3.63) is 50.9 Å². The minimum Gasteiger partial charge on any atom is -0.369 e. The van der Waals surface area contributed by atoms with Crippen LogP contribution in [-0.2, 0) is 0 Å². The molecule has 0 fully saturated rings. The van der Waals surface area contributed by atoms with Gasteiger partial charge in [-0.25, -0.2) is 4.98 Å². The molecule has 2 N–H and O–H groups in total. The molecule has 19 heavy (non-hydrogen) atoms. The van der Waals surface area contributed by atoms with Crippen LogP contribution < -0.4 is 5.73 Å². The van der Waals surface area contributed by atoms with Gasteiger partial charge in [-0.1, -0.05) is 23.2 Å². The van der Waals surface area contributed by atoms with Crippen LogP contribution in [0.15, 0.2) is 40.9 Å². The molecule has 1 aromatic heterocycles. The zero-order chi connectivity index (χ0) is 13.6. The van der Waals surface area contributed by atoms with Crippen molar-refractivity contribution in [2.45, 2.75) is 0 Å². The first kappa shape index (κ1) is 12.8. The molecule has 0 amide bonds. The van der Waals surface area contributed by atoms with Crippen molar-refractivity contribution in [2.24, 2.45) is 0 Å². The SMILES string of the molecule is Nc1nc2ccc(Cl)cc2n1-c1cc(Cl)ccc1Br. The summed E-state index contributed by atoms with van der Waals surface area (Å²) in [4.78, 5) is 4.32. The molecule has 0 aliphatic heterocycles. The third-order valence-corrected chi connectivity index (χ3v) is 3.93. The third kappa shape index (κ3) is 2.20. The number of aromatic nitrogens is 2. The van der Waals surface area contributed by atoms with Crippen LogP contribution in [0, 0.1) is 0 Å². The Morgan fingerprint density at radius 1 is 1.05 bits per heavy atom. The van der Waals surface area contributed by atoms with E-state index in [0.29, 0.717) is 16.0 Å². The lowest BCUT2D eigenvalue weighted by Gasteiger charge is -2.09. The molecule has 3 rings (SSSR count). The highest BCUT2D eigenvalue weighted by Crippen LogP contribution is 2.31. The fourth-order valence-corrected chi connectivity index (χ4v) is 2.73. The first-order valence-electron chi connectivity index (χ1n) is 5.45. The lowest BCUT2D eigenvalue weighted by atomic mass is 10.3. The van der Waals surface area contributed by atoms with E-state index in [1.54, 1.807) is 12.1 Å². The number of hydrogen-bond acceptors (Lipinski definition) is 2. The zero-order valence-electron chi connectivity index (χ0n) is 9.57. The largest absolute Gasteiger partial charge is 0.369 e. The van der Waals surface area contributed by atoms with Crippen LogP contribution in [-0.4, -0.2) is 9.55 Å². The van der Waals surface area contributed by atoms with Gasteiger partial charge in [0.1, 0.15) is 0 Å². The lowest BCUT2D eigenvalue weighted by Crippen LogP contribution is -2.01. The molecule has 96 valence electrons. The third-order valence-electron chi connectivity index (χ3n) is 2.79. The number of imidazole rings is 1. The first-order chi connectivity index (χ1) is 9.06. The van der Waals surface area contributed by atoms with Gasteiger partial charge in [-0.2, -0.15) is 0 Å². The minimum atomic E-state index is 0.389. The average molecular weight is 357 g/mol. The van der Waals surface area contributed by atoms with Gasteiger partial charge in [0.2, 0.25) is 5.95 Å². The molecule has 0 unspecified atom stereocenters. The van der Waals surface area contributed by atoms with Crippen LogP contribution in [0.4, 0.5) is 5.95 Å². The average Bonchev–Trinajstić information content (AvgIpc) is 2.68. The number of benzene rings is 2. The molecular weight excluding hydrogens is 349 g/mol. The van der Waals surface area contributed by atoms with Gasteiger partial charge in [0.05, 0.1) is 16.7 Å². The van der Waals surface area contributed by atoms with E-state index < -0.39 is 0 Å². The molecule has 6 heteroatoms. The Hall–Kier alpha value is -1.23. The maximum atomic E-state index is 6.05. The predicted molar refractivity (Wildman–Crippen MR) is 83.2 cm³/mol. The van der Waals surface area contributed by atoms with Gasteiger partial charge in [-0.15, -0.1) is 0 Å².